The van der Waals surface area contributed by atoms with Crippen LogP contribution in [0.3, 0.4) is 0 Å². The van der Waals surface area contributed by atoms with Gasteiger partial charge in [-0.15, -0.1) is 0 Å². The molecule has 2 nitrogen and oxygen atoms in total. The van der Waals surface area contributed by atoms with E-state index in [1.54, 1.807) is 0 Å². The Kier molecular flexibility index (Phi) is 2.80. The number of nitrogens with zero attached hydrogens (tertiary/aromatic N) is 1. The van der Waals surface area contributed by atoms with Crippen LogP contribution in [-0.2, 0) is 19.6 Å². The molecular weight excluding hydrogens is 220 g/mol. The highest BCUT2D eigenvalue weighted by molar-refractivity contribution is 5.52. The predicted molar refractivity (Wildman–Crippen MR) is 75.0 cm³/mol. The van der Waals surface area contributed by atoms with Gasteiger partial charge in [-0.05, 0) is 29.7 Å². The first-order valence-electron chi connectivity index (χ1n) is 6.36. The summed E-state index contributed by atoms with van der Waals surface area (Å²) >= 11 is 0. The normalized spacial score (nSPS) is 14.7. The van der Waals surface area contributed by atoms with Gasteiger partial charge in [0, 0.05) is 25.3 Å². The van der Waals surface area contributed by atoms with Crippen LogP contribution < -0.4 is 5.73 Å². The van der Waals surface area contributed by atoms with E-state index in [0.717, 1.165) is 25.3 Å². The SMILES string of the molecule is Cc1cccc(CN2Cc3cccc(N)c3C2)c1. The van der Waals surface area contributed by atoms with Gasteiger partial charge >= 0.3 is 0 Å². The van der Waals surface area contributed by atoms with Crippen molar-refractivity contribution in [1.82, 2.24) is 4.90 Å². The zero-order chi connectivity index (χ0) is 12.5. The third-order valence-corrected chi connectivity index (χ3v) is 3.57. The molecule has 1 aliphatic rings. The maximum absolute atomic E-state index is 6.02. The van der Waals surface area contributed by atoms with Gasteiger partial charge in [0.05, 0.1) is 0 Å². The van der Waals surface area contributed by atoms with Crippen molar-refractivity contribution in [3.63, 3.8) is 0 Å². The smallest absolute Gasteiger partial charge is 0.0363 e. The van der Waals surface area contributed by atoms with E-state index in [4.69, 9.17) is 5.73 Å². The van der Waals surface area contributed by atoms with Crippen molar-refractivity contribution in [1.29, 1.82) is 0 Å². The molecule has 0 aliphatic carbocycles. The minimum atomic E-state index is 0.930. The molecule has 3 rings (SSSR count). The van der Waals surface area contributed by atoms with E-state index >= 15 is 0 Å². The number of rotatable bonds is 2. The van der Waals surface area contributed by atoms with Gasteiger partial charge in [0.2, 0.25) is 0 Å². The first kappa shape index (κ1) is 11.3. The number of hydrogen-bond acceptors (Lipinski definition) is 2. The van der Waals surface area contributed by atoms with E-state index in [2.05, 4.69) is 42.2 Å². The molecule has 0 saturated carbocycles. The summed E-state index contributed by atoms with van der Waals surface area (Å²) in [7, 11) is 0. The topological polar surface area (TPSA) is 29.3 Å². The number of fused-ring (bicyclic) bond motifs is 1. The van der Waals surface area contributed by atoms with Crippen LogP contribution in [0.15, 0.2) is 42.5 Å². The number of benzene rings is 2. The second kappa shape index (κ2) is 4.46. The van der Waals surface area contributed by atoms with E-state index in [1.807, 2.05) is 12.1 Å². The molecule has 92 valence electrons. The number of nitrogens with two attached hydrogens (primary N) is 1. The number of aryl methyl sites for hydroxylation is 1. The lowest BCUT2D eigenvalue weighted by molar-refractivity contribution is 0.275. The fourth-order valence-electron chi connectivity index (χ4n) is 2.70. The molecule has 0 unspecified atom stereocenters. The van der Waals surface area contributed by atoms with E-state index < -0.39 is 0 Å². The Bertz CT molecular complexity index is 575. The van der Waals surface area contributed by atoms with Crippen molar-refractivity contribution >= 4 is 5.69 Å². The Labute approximate surface area is 108 Å². The summed E-state index contributed by atoms with van der Waals surface area (Å²) in [5, 5.41) is 0. The number of nitrogen functional groups attached to an aromatic ring is 1. The Hall–Kier alpha value is -1.80. The van der Waals surface area contributed by atoms with Gasteiger partial charge in [-0.1, -0.05) is 42.0 Å². The summed E-state index contributed by atoms with van der Waals surface area (Å²) in [6.07, 6.45) is 0. The number of hydrogen-bond donors (Lipinski definition) is 1. The summed E-state index contributed by atoms with van der Waals surface area (Å²) in [4.78, 5) is 2.44. The first-order chi connectivity index (χ1) is 8.72. The molecule has 2 heteroatoms. The van der Waals surface area contributed by atoms with Crippen molar-refractivity contribution in [3.05, 3.63) is 64.7 Å². The molecule has 2 aromatic carbocycles. The average Bonchev–Trinajstić information content (AvgIpc) is 2.73. The molecule has 0 saturated heterocycles. The lowest BCUT2D eigenvalue weighted by Gasteiger charge is -2.15. The van der Waals surface area contributed by atoms with Crippen molar-refractivity contribution in [3.8, 4) is 0 Å². The van der Waals surface area contributed by atoms with E-state index in [-0.39, 0.29) is 0 Å². The molecule has 0 radical (unpaired) electrons. The van der Waals surface area contributed by atoms with Crippen LogP contribution in [-0.4, -0.2) is 4.90 Å². The Morgan fingerprint density at radius 2 is 1.94 bits per heavy atom. The lowest BCUT2D eigenvalue weighted by Crippen LogP contribution is -2.15. The lowest BCUT2D eigenvalue weighted by atomic mass is 10.1. The molecule has 18 heavy (non-hydrogen) atoms. The van der Waals surface area contributed by atoms with Gasteiger partial charge in [0.15, 0.2) is 0 Å². The van der Waals surface area contributed by atoms with Gasteiger partial charge in [0.25, 0.3) is 0 Å². The van der Waals surface area contributed by atoms with Crippen molar-refractivity contribution < 1.29 is 0 Å². The largest absolute Gasteiger partial charge is 0.398 e. The van der Waals surface area contributed by atoms with Crippen LogP contribution in [0.5, 0.6) is 0 Å². The van der Waals surface area contributed by atoms with Crippen molar-refractivity contribution in [2.24, 2.45) is 0 Å². The standard InChI is InChI=1S/C16H18N2/c1-12-4-2-5-13(8-12)9-18-10-14-6-3-7-16(17)15(14)11-18/h2-8H,9-11,17H2,1H3. The summed E-state index contributed by atoms with van der Waals surface area (Å²) in [6.45, 7) is 5.11. The second-order valence-corrected chi connectivity index (χ2v) is 5.12. The predicted octanol–water partition coefficient (Wildman–Crippen LogP) is 3.09. The van der Waals surface area contributed by atoms with Crippen LogP contribution in [0, 0.1) is 6.92 Å². The zero-order valence-corrected chi connectivity index (χ0v) is 10.7. The van der Waals surface area contributed by atoms with Crippen LogP contribution in [0.4, 0.5) is 5.69 Å². The molecule has 2 aromatic rings. The Balaban J connectivity index is 1.77. The third-order valence-electron chi connectivity index (χ3n) is 3.57. The molecule has 0 amide bonds. The Morgan fingerprint density at radius 1 is 1.11 bits per heavy atom. The van der Waals surface area contributed by atoms with Gasteiger partial charge in [-0.3, -0.25) is 4.90 Å². The average molecular weight is 238 g/mol. The molecule has 0 spiro atoms. The summed E-state index contributed by atoms with van der Waals surface area (Å²) in [6, 6.07) is 14.9. The molecule has 0 atom stereocenters. The minimum Gasteiger partial charge on any atom is -0.398 e. The molecule has 1 heterocycles. The van der Waals surface area contributed by atoms with E-state index in [9.17, 15) is 0 Å². The van der Waals surface area contributed by atoms with Crippen LogP contribution in [0.2, 0.25) is 0 Å². The van der Waals surface area contributed by atoms with Gasteiger partial charge < -0.3 is 5.73 Å². The van der Waals surface area contributed by atoms with Gasteiger partial charge in [0.1, 0.15) is 0 Å². The van der Waals surface area contributed by atoms with E-state index in [0.29, 0.717) is 0 Å². The highest BCUT2D eigenvalue weighted by Gasteiger charge is 2.20. The van der Waals surface area contributed by atoms with Gasteiger partial charge in [-0.25, -0.2) is 0 Å². The van der Waals surface area contributed by atoms with Crippen LogP contribution in [0.1, 0.15) is 22.3 Å². The quantitative estimate of drug-likeness (QED) is 0.815. The highest BCUT2D eigenvalue weighted by Crippen LogP contribution is 2.28. The molecular formula is C16H18N2. The third kappa shape index (κ3) is 2.12. The summed E-state index contributed by atoms with van der Waals surface area (Å²) in [5.74, 6) is 0. The monoisotopic (exact) mass is 238 g/mol. The van der Waals surface area contributed by atoms with Crippen molar-refractivity contribution in [2.45, 2.75) is 26.6 Å². The van der Waals surface area contributed by atoms with Crippen molar-refractivity contribution in [2.75, 3.05) is 5.73 Å². The molecule has 0 aromatic heterocycles. The summed E-state index contributed by atoms with van der Waals surface area (Å²) < 4.78 is 0. The first-order valence-corrected chi connectivity index (χ1v) is 6.36. The molecule has 0 bridgehead atoms. The van der Waals surface area contributed by atoms with Crippen LogP contribution in [0.25, 0.3) is 0 Å². The van der Waals surface area contributed by atoms with Gasteiger partial charge in [-0.2, -0.15) is 0 Å². The highest BCUT2D eigenvalue weighted by atomic mass is 15.1. The fraction of sp³-hybridized carbons (Fsp3) is 0.250. The van der Waals surface area contributed by atoms with E-state index in [1.165, 1.54) is 22.3 Å². The zero-order valence-electron chi connectivity index (χ0n) is 10.7. The van der Waals surface area contributed by atoms with Crippen LogP contribution >= 0.6 is 0 Å². The molecule has 2 N–H and O–H groups in total. The molecule has 0 fully saturated rings. The molecule has 1 aliphatic heterocycles. The Morgan fingerprint density at radius 3 is 2.72 bits per heavy atom. The minimum absolute atomic E-state index is 0.930. The maximum Gasteiger partial charge on any atom is 0.0363 e. The maximum atomic E-state index is 6.02. The summed E-state index contributed by atoms with van der Waals surface area (Å²) in [5.41, 5.74) is 12.3. The fourth-order valence-corrected chi connectivity index (χ4v) is 2.70. The number of anilines is 1. The second-order valence-electron chi connectivity index (χ2n) is 5.12.